The lowest BCUT2D eigenvalue weighted by Gasteiger charge is -2.36. The number of cyclic esters (lactones) is 1. The fourth-order valence-electron chi connectivity index (χ4n) is 5.14. The van der Waals surface area contributed by atoms with Crippen molar-refractivity contribution < 1.29 is 14.3 Å². The van der Waals surface area contributed by atoms with E-state index < -0.39 is 23.7 Å². The van der Waals surface area contributed by atoms with Crippen LogP contribution in [0, 0.1) is 0 Å². The number of carbonyl (C=O) groups excluding carboxylic acids is 2. The molecule has 0 aromatic heterocycles. The van der Waals surface area contributed by atoms with Gasteiger partial charge in [-0.3, -0.25) is 4.79 Å². The average Bonchev–Trinajstić information content (AvgIpc) is 3.25. The number of hydrogen-bond acceptors (Lipinski definition) is 3. The molecule has 1 heterocycles. The molecule has 4 aromatic carbocycles. The summed E-state index contributed by atoms with van der Waals surface area (Å²) in [5.74, 6) is -0.719. The standard InChI is InChI=1S/C31H27NO3/c1-2-27(23-15-7-3-8-16-23)29(33)32-28(24-17-9-4-10-18-24)31(35-30(32)34,25-19-11-5-12-20-25)26-21-13-6-14-22-26/h3-22,27-28H,2H2,1H3/t27-,28-/m1/s1. The molecule has 1 aliphatic rings. The predicted molar refractivity (Wildman–Crippen MR) is 136 cm³/mol. The van der Waals surface area contributed by atoms with Crippen molar-refractivity contribution in [2.45, 2.75) is 30.9 Å². The molecule has 0 bridgehead atoms. The SMILES string of the molecule is CC[C@@H](C(=O)N1C(=O)OC(c2ccccc2)(c2ccccc2)[C@H]1c1ccccc1)c1ccccc1. The molecule has 0 aliphatic carbocycles. The largest absolute Gasteiger partial charge is 0.430 e. The Kier molecular flexibility index (Phi) is 6.19. The van der Waals surface area contributed by atoms with Crippen LogP contribution in [0.5, 0.6) is 0 Å². The highest BCUT2D eigenvalue weighted by Crippen LogP contribution is 2.53. The van der Waals surface area contributed by atoms with Gasteiger partial charge in [0.15, 0.2) is 5.60 Å². The molecule has 4 heteroatoms. The van der Waals surface area contributed by atoms with E-state index >= 15 is 0 Å². The molecule has 174 valence electrons. The van der Waals surface area contributed by atoms with E-state index in [9.17, 15) is 9.59 Å². The number of rotatable bonds is 6. The van der Waals surface area contributed by atoms with E-state index in [0.717, 1.165) is 22.3 Å². The first kappa shape index (κ1) is 22.6. The van der Waals surface area contributed by atoms with E-state index in [1.54, 1.807) is 0 Å². The first-order chi connectivity index (χ1) is 17.2. The Labute approximate surface area is 205 Å². The molecule has 2 amide bonds. The van der Waals surface area contributed by atoms with Crippen molar-refractivity contribution >= 4 is 12.0 Å². The van der Waals surface area contributed by atoms with Crippen LogP contribution in [0.25, 0.3) is 0 Å². The quantitative estimate of drug-likeness (QED) is 0.316. The van der Waals surface area contributed by atoms with Crippen molar-refractivity contribution in [3.63, 3.8) is 0 Å². The average molecular weight is 462 g/mol. The van der Waals surface area contributed by atoms with Gasteiger partial charge in [-0.2, -0.15) is 0 Å². The monoisotopic (exact) mass is 461 g/mol. The summed E-state index contributed by atoms with van der Waals surface area (Å²) in [6.45, 7) is 1.97. The van der Waals surface area contributed by atoms with Gasteiger partial charge in [0.1, 0.15) is 6.04 Å². The van der Waals surface area contributed by atoms with Gasteiger partial charge in [0.2, 0.25) is 5.91 Å². The van der Waals surface area contributed by atoms with Crippen LogP contribution in [0.2, 0.25) is 0 Å². The van der Waals surface area contributed by atoms with Gasteiger partial charge in [-0.25, -0.2) is 9.69 Å². The summed E-state index contributed by atoms with van der Waals surface area (Å²) in [5.41, 5.74) is 2.16. The Morgan fingerprint density at radius 3 is 1.71 bits per heavy atom. The molecule has 35 heavy (non-hydrogen) atoms. The molecular formula is C31H27NO3. The number of benzene rings is 4. The Hall–Kier alpha value is -4.18. The normalized spacial score (nSPS) is 17.6. The van der Waals surface area contributed by atoms with Crippen LogP contribution in [-0.2, 0) is 15.1 Å². The number of amides is 2. The first-order valence-corrected chi connectivity index (χ1v) is 11.9. The molecule has 1 fully saturated rings. The number of hydrogen-bond donors (Lipinski definition) is 0. The Balaban J connectivity index is 1.73. The Morgan fingerprint density at radius 1 is 0.771 bits per heavy atom. The second-order valence-electron chi connectivity index (χ2n) is 8.73. The number of nitrogens with zero attached hydrogens (tertiary/aromatic N) is 1. The minimum absolute atomic E-state index is 0.258. The van der Waals surface area contributed by atoms with Gasteiger partial charge >= 0.3 is 6.09 Å². The zero-order valence-corrected chi connectivity index (χ0v) is 19.6. The third-order valence-corrected chi connectivity index (χ3v) is 6.75. The molecule has 4 nitrogen and oxygen atoms in total. The lowest BCUT2D eigenvalue weighted by molar-refractivity contribution is -0.131. The molecule has 2 atom stereocenters. The molecule has 0 unspecified atom stereocenters. The molecule has 5 rings (SSSR count). The topological polar surface area (TPSA) is 46.6 Å². The Morgan fingerprint density at radius 2 is 1.23 bits per heavy atom. The lowest BCUT2D eigenvalue weighted by Crippen LogP contribution is -2.42. The second-order valence-corrected chi connectivity index (χ2v) is 8.73. The van der Waals surface area contributed by atoms with Gasteiger partial charge < -0.3 is 4.74 Å². The fourth-order valence-corrected chi connectivity index (χ4v) is 5.14. The van der Waals surface area contributed by atoms with Crippen LogP contribution < -0.4 is 0 Å². The smallest absolute Gasteiger partial charge is 0.418 e. The van der Waals surface area contributed by atoms with Crippen molar-refractivity contribution in [1.82, 2.24) is 4.90 Å². The van der Waals surface area contributed by atoms with Gasteiger partial charge in [-0.1, -0.05) is 128 Å². The minimum Gasteiger partial charge on any atom is -0.430 e. The van der Waals surface area contributed by atoms with Crippen molar-refractivity contribution in [3.05, 3.63) is 144 Å². The van der Waals surface area contributed by atoms with E-state index in [4.69, 9.17) is 4.74 Å². The maximum absolute atomic E-state index is 14.1. The third kappa shape index (κ3) is 3.91. The highest BCUT2D eigenvalue weighted by Gasteiger charge is 2.59. The zero-order chi connectivity index (χ0) is 24.3. The van der Waals surface area contributed by atoms with Gasteiger partial charge in [-0.15, -0.1) is 0 Å². The summed E-state index contributed by atoms with van der Waals surface area (Å²) in [5, 5.41) is 0. The maximum Gasteiger partial charge on any atom is 0.418 e. The second kappa shape index (κ2) is 9.59. The summed E-state index contributed by atoms with van der Waals surface area (Å²) in [6, 6.07) is 38.1. The summed E-state index contributed by atoms with van der Waals surface area (Å²) in [4.78, 5) is 29.2. The van der Waals surface area contributed by atoms with Gasteiger partial charge in [0.25, 0.3) is 0 Å². The van der Waals surface area contributed by atoms with Crippen LogP contribution in [0.1, 0.15) is 47.6 Å². The molecule has 0 radical (unpaired) electrons. The van der Waals surface area contributed by atoms with Gasteiger partial charge in [0.05, 0.1) is 5.92 Å². The van der Waals surface area contributed by atoms with E-state index in [1.165, 1.54) is 4.90 Å². The van der Waals surface area contributed by atoms with E-state index in [0.29, 0.717) is 6.42 Å². The van der Waals surface area contributed by atoms with E-state index in [-0.39, 0.29) is 5.91 Å². The number of imide groups is 1. The van der Waals surface area contributed by atoms with Gasteiger partial charge in [-0.05, 0) is 17.5 Å². The van der Waals surface area contributed by atoms with Crippen molar-refractivity contribution in [1.29, 1.82) is 0 Å². The zero-order valence-electron chi connectivity index (χ0n) is 19.6. The lowest BCUT2D eigenvalue weighted by atomic mass is 9.77. The van der Waals surface area contributed by atoms with Crippen molar-refractivity contribution in [2.24, 2.45) is 0 Å². The third-order valence-electron chi connectivity index (χ3n) is 6.75. The first-order valence-electron chi connectivity index (χ1n) is 11.9. The van der Waals surface area contributed by atoms with Crippen LogP contribution >= 0.6 is 0 Å². The summed E-state index contributed by atoms with van der Waals surface area (Å²) < 4.78 is 6.32. The number of carbonyl (C=O) groups is 2. The molecule has 0 spiro atoms. The fraction of sp³-hybridized carbons (Fsp3) is 0.161. The van der Waals surface area contributed by atoms with E-state index in [2.05, 4.69) is 0 Å². The molecule has 0 saturated carbocycles. The summed E-state index contributed by atoms with van der Waals surface area (Å²) >= 11 is 0. The molecule has 4 aromatic rings. The molecule has 0 N–H and O–H groups in total. The Bertz CT molecular complexity index is 1250. The van der Waals surface area contributed by atoms with Crippen LogP contribution in [0.4, 0.5) is 4.79 Å². The van der Waals surface area contributed by atoms with Crippen molar-refractivity contribution in [2.75, 3.05) is 0 Å². The van der Waals surface area contributed by atoms with Crippen LogP contribution in [0.3, 0.4) is 0 Å². The number of ether oxygens (including phenoxy) is 1. The summed E-state index contributed by atoms with van der Waals surface area (Å²) in [6.07, 6.45) is -0.0661. The van der Waals surface area contributed by atoms with Crippen LogP contribution in [-0.4, -0.2) is 16.9 Å². The van der Waals surface area contributed by atoms with Crippen LogP contribution in [0.15, 0.2) is 121 Å². The molecular weight excluding hydrogens is 434 g/mol. The summed E-state index contributed by atoms with van der Waals surface area (Å²) in [7, 11) is 0. The highest BCUT2D eigenvalue weighted by atomic mass is 16.6. The predicted octanol–water partition coefficient (Wildman–Crippen LogP) is 6.84. The highest BCUT2D eigenvalue weighted by molar-refractivity contribution is 5.98. The van der Waals surface area contributed by atoms with Crippen molar-refractivity contribution in [3.8, 4) is 0 Å². The van der Waals surface area contributed by atoms with Gasteiger partial charge in [0, 0.05) is 11.1 Å². The molecule has 1 aliphatic heterocycles. The molecule has 1 saturated heterocycles. The minimum atomic E-state index is -1.19. The maximum atomic E-state index is 14.1. The van der Waals surface area contributed by atoms with E-state index in [1.807, 2.05) is 128 Å².